The van der Waals surface area contributed by atoms with E-state index >= 15 is 0 Å². The average Bonchev–Trinajstić information content (AvgIpc) is 2.27. The second-order valence-electron chi connectivity index (χ2n) is 4.38. The summed E-state index contributed by atoms with van der Waals surface area (Å²) < 4.78 is 47.2. The Labute approximate surface area is 114 Å². The Balaban J connectivity index is 2.50. The van der Waals surface area contributed by atoms with Crippen LogP contribution in [0.2, 0.25) is 0 Å². The van der Waals surface area contributed by atoms with Crippen molar-refractivity contribution in [1.29, 1.82) is 0 Å². The zero-order valence-electron chi connectivity index (χ0n) is 10.4. The van der Waals surface area contributed by atoms with Gasteiger partial charge in [0.05, 0.1) is 11.5 Å². The summed E-state index contributed by atoms with van der Waals surface area (Å²) in [4.78, 5) is 2.09. The third-order valence-corrected chi connectivity index (χ3v) is 6.08. The molecule has 108 valence electrons. The van der Waals surface area contributed by atoms with Crippen molar-refractivity contribution in [3.63, 3.8) is 0 Å². The van der Waals surface area contributed by atoms with Crippen molar-refractivity contribution < 1.29 is 16.8 Å². The Hall–Kier alpha value is 0.110. The Morgan fingerprint density at radius 2 is 1.56 bits per heavy atom. The highest BCUT2D eigenvalue weighted by Crippen LogP contribution is 2.08. The Morgan fingerprint density at radius 3 is 2.00 bits per heavy atom. The molecule has 1 aliphatic heterocycles. The fraction of sp³-hybridized carbons (Fsp3) is 1.00. The summed E-state index contributed by atoms with van der Waals surface area (Å²) in [5.74, 6) is -0.126. The minimum absolute atomic E-state index is 0.322. The largest absolute Gasteiger partial charge is 0.300 e. The van der Waals surface area contributed by atoms with E-state index in [1.165, 1.54) is 4.31 Å². The van der Waals surface area contributed by atoms with Crippen LogP contribution in [-0.4, -0.2) is 82.4 Å². The lowest BCUT2D eigenvalue weighted by Gasteiger charge is -2.33. The molecular weight excluding hydrogens is 300 g/mol. The van der Waals surface area contributed by atoms with Gasteiger partial charge in [0.25, 0.3) is 0 Å². The van der Waals surface area contributed by atoms with E-state index in [9.17, 15) is 16.8 Å². The van der Waals surface area contributed by atoms with Crippen LogP contribution in [-0.2, 0) is 19.9 Å². The lowest BCUT2D eigenvalue weighted by molar-refractivity contribution is 0.197. The van der Waals surface area contributed by atoms with Gasteiger partial charge in [0.2, 0.25) is 10.0 Å². The first kappa shape index (κ1) is 16.2. The number of sulfonamides is 1. The van der Waals surface area contributed by atoms with Gasteiger partial charge in [-0.2, -0.15) is 4.31 Å². The van der Waals surface area contributed by atoms with Crippen LogP contribution in [0.3, 0.4) is 0 Å². The molecule has 1 heterocycles. The van der Waals surface area contributed by atoms with Crippen molar-refractivity contribution in [2.24, 2.45) is 0 Å². The summed E-state index contributed by atoms with van der Waals surface area (Å²) in [6, 6.07) is 0. The standard InChI is InChI=1S/C9H19ClN2O4S2/c1-17(13,14)8-9-18(15,16)12-6-4-11(3-2-10)5-7-12/h2-9H2,1H3. The van der Waals surface area contributed by atoms with E-state index in [1.807, 2.05) is 0 Å². The highest BCUT2D eigenvalue weighted by Gasteiger charge is 2.27. The van der Waals surface area contributed by atoms with Crippen LogP contribution in [0.5, 0.6) is 0 Å². The van der Waals surface area contributed by atoms with Gasteiger partial charge in [-0.25, -0.2) is 16.8 Å². The van der Waals surface area contributed by atoms with Gasteiger partial charge in [-0.3, -0.25) is 4.90 Å². The summed E-state index contributed by atoms with van der Waals surface area (Å²) in [7, 11) is -6.71. The first-order valence-electron chi connectivity index (χ1n) is 5.68. The first-order valence-corrected chi connectivity index (χ1v) is 9.89. The van der Waals surface area contributed by atoms with Crippen LogP contribution in [0.1, 0.15) is 0 Å². The van der Waals surface area contributed by atoms with Crippen molar-refractivity contribution in [2.45, 2.75) is 0 Å². The fourth-order valence-electron chi connectivity index (χ4n) is 1.74. The number of nitrogens with zero attached hydrogens (tertiary/aromatic N) is 2. The lowest BCUT2D eigenvalue weighted by atomic mass is 10.4. The quantitative estimate of drug-likeness (QED) is 0.600. The molecule has 0 aromatic rings. The van der Waals surface area contributed by atoms with Crippen molar-refractivity contribution in [1.82, 2.24) is 9.21 Å². The van der Waals surface area contributed by atoms with Crippen LogP contribution in [0, 0.1) is 0 Å². The van der Waals surface area contributed by atoms with Crippen molar-refractivity contribution in [3.05, 3.63) is 0 Å². The minimum atomic E-state index is -3.46. The Morgan fingerprint density at radius 1 is 1.00 bits per heavy atom. The number of piperazine rings is 1. The monoisotopic (exact) mass is 318 g/mol. The molecule has 6 nitrogen and oxygen atoms in total. The van der Waals surface area contributed by atoms with Crippen LogP contribution >= 0.6 is 11.6 Å². The Bertz CT molecular complexity index is 455. The summed E-state index contributed by atoms with van der Waals surface area (Å²) in [6.45, 7) is 2.85. The molecular formula is C9H19ClN2O4S2. The highest BCUT2D eigenvalue weighted by atomic mass is 35.5. The van der Waals surface area contributed by atoms with E-state index in [-0.39, 0.29) is 11.5 Å². The molecule has 9 heteroatoms. The number of alkyl halides is 1. The van der Waals surface area contributed by atoms with Crippen LogP contribution in [0.25, 0.3) is 0 Å². The number of hydrogen-bond donors (Lipinski definition) is 0. The van der Waals surface area contributed by atoms with Gasteiger partial charge >= 0.3 is 0 Å². The normalized spacial score (nSPS) is 20.1. The van der Waals surface area contributed by atoms with Crippen molar-refractivity contribution in [3.8, 4) is 0 Å². The molecule has 1 fully saturated rings. The van der Waals surface area contributed by atoms with Crippen LogP contribution < -0.4 is 0 Å². The molecule has 1 aliphatic rings. The molecule has 0 unspecified atom stereocenters. The molecule has 0 N–H and O–H groups in total. The number of rotatable bonds is 6. The molecule has 0 bridgehead atoms. The molecule has 1 saturated heterocycles. The van der Waals surface area contributed by atoms with Crippen LogP contribution in [0.15, 0.2) is 0 Å². The average molecular weight is 319 g/mol. The Kier molecular flexibility index (Phi) is 5.85. The van der Waals surface area contributed by atoms with Gasteiger partial charge in [-0.15, -0.1) is 11.6 Å². The van der Waals surface area contributed by atoms with Gasteiger partial charge in [0.15, 0.2) is 0 Å². The molecule has 0 spiro atoms. The minimum Gasteiger partial charge on any atom is -0.300 e. The molecule has 1 rings (SSSR count). The maximum atomic E-state index is 11.9. The molecule has 0 saturated carbocycles. The van der Waals surface area contributed by atoms with Crippen molar-refractivity contribution >= 4 is 31.5 Å². The van der Waals surface area contributed by atoms with E-state index < -0.39 is 19.9 Å². The van der Waals surface area contributed by atoms with Gasteiger partial charge in [-0.05, 0) is 0 Å². The number of hydrogen-bond acceptors (Lipinski definition) is 5. The topological polar surface area (TPSA) is 74.8 Å². The third-order valence-electron chi connectivity index (χ3n) is 2.84. The van der Waals surface area contributed by atoms with Gasteiger partial charge in [-0.1, -0.05) is 0 Å². The third kappa shape index (κ3) is 5.40. The predicted molar refractivity (Wildman–Crippen MR) is 72.2 cm³/mol. The summed E-state index contributed by atoms with van der Waals surface area (Å²) in [5, 5.41) is 0. The summed E-state index contributed by atoms with van der Waals surface area (Å²) in [6.07, 6.45) is 1.04. The highest BCUT2D eigenvalue weighted by molar-refractivity contribution is 7.93. The summed E-state index contributed by atoms with van der Waals surface area (Å²) >= 11 is 5.62. The van der Waals surface area contributed by atoms with Crippen molar-refractivity contribution in [2.75, 3.05) is 56.4 Å². The lowest BCUT2D eigenvalue weighted by Crippen LogP contribution is -2.50. The molecule has 0 aromatic carbocycles. The summed E-state index contributed by atoms with van der Waals surface area (Å²) in [5.41, 5.74) is 0. The second kappa shape index (κ2) is 6.51. The maximum Gasteiger partial charge on any atom is 0.215 e. The molecule has 0 amide bonds. The number of halogens is 1. The zero-order chi connectivity index (χ0) is 13.8. The SMILES string of the molecule is CS(=O)(=O)CCS(=O)(=O)N1CCN(CCCl)CC1. The zero-order valence-corrected chi connectivity index (χ0v) is 12.8. The van der Waals surface area contributed by atoms with Gasteiger partial charge < -0.3 is 0 Å². The molecule has 0 radical (unpaired) electrons. The molecule has 0 aliphatic carbocycles. The van der Waals surface area contributed by atoms with E-state index in [1.54, 1.807) is 0 Å². The predicted octanol–water partition coefficient (Wildman–Crippen LogP) is -0.783. The number of sulfone groups is 1. The smallest absolute Gasteiger partial charge is 0.215 e. The van der Waals surface area contributed by atoms with Gasteiger partial charge in [0.1, 0.15) is 9.84 Å². The van der Waals surface area contributed by atoms with E-state index in [4.69, 9.17) is 11.6 Å². The van der Waals surface area contributed by atoms with Gasteiger partial charge in [0, 0.05) is 44.9 Å². The molecule has 0 atom stereocenters. The fourth-order valence-corrected chi connectivity index (χ4v) is 5.01. The van der Waals surface area contributed by atoms with E-state index in [0.29, 0.717) is 32.1 Å². The van der Waals surface area contributed by atoms with Crippen LogP contribution in [0.4, 0.5) is 0 Å². The second-order valence-corrected chi connectivity index (χ2v) is 9.10. The molecule has 18 heavy (non-hydrogen) atoms. The van der Waals surface area contributed by atoms with E-state index in [0.717, 1.165) is 12.8 Å². The molecule has 0 aromatic heterocycles. The maximum absolute atomic E-state index is 11.9. The first-order chi connectivity index (χ1) is 8.24. The van der Waals surface area contributed by atoms with E-state index in [2.05, 4.69) is 4.90 Å².